The Morgan fingerprint density at radius 1 is 1.30 bits per heavy atom. The molecule has 1 unspecified atom stereocenters. The molecule has 0 radical (unpaired) electrons. The fourth-order valence-corrected chi connectivity index (χ4v) is 3.03. The number of nitrogens with zero attached hydrogens (tertiary/aromatic N) is 1. The lowest BCUT2D eigenvalue weighted by Crippen LogP contribution is -2.39. The third-order valence-corrected chi connectivity index (χ3v) is 4.32. The molecule has 3 N–H and O–H groups in total. The van der Waals surface area contributed by atoms with Crippen LogP contribution in [0.2, 0.25) is 0 Å². The molecule has 0 aliphatic carbocycles. The Hall–Kier alpha value is -3.00. The number of benzene rings is 1. The van der Waals surface area contributed by atoms with E-state index in [2.05, 4.69) is 15.6 Å². The van der Waals surface area contributed by atoms with E-state index >= 15 is 0 Å². The zero-order valence-corrected chi connectivity index (χ0v) is 15.3. The third kappa shape index (κ3) is 4.40. The summed E-state index contributed by atoms with van der Waals surface area (Å²) in [7, 11) is 0. The maximum Gasteiger partial charge on any atom is 0.322 e. The van der Waals surface area contributed by atoms with Gasteiger partial charge in [-0.15, -0.1) is 12.4 Å². The molecule has 2 heterocycles. The molecule has 1 aliphatic rings. The van der Waals surface area contributed by atoms with E-state index in [1.54, 1.807) is 31.2 Å². The second-order valence-corrected chi connectivity index (χ2v) is 6.15. The van der Waals surface area contributed by atoms with Crippen LogP contribution in [-0.4, -0.2) is 40.3 Å². The van der Waals surface area contributed by atoms with E-state index in [9.17, 15) is 19.2 Å². The molecule has 9 heteroatoms. The standard InChI is InChI=1S/C18H17N3O5.ClH/c1-9-13(12-3-5-15(22)21-18(12)26)7-11-6-10(2-4-14(11)20-9)17(25)19-8-16(23)24;/h2,4,6-7,12H,3,5,8H2,1H3,(H,19,25)(H,23,24)(H,21,22,26);1H. The summed E-state index contributed by atoms with van der Waals surface area (Å²) in [6.07, 6.45) is 0.684. The van der Waals surface area contributed by atoms with Gasteiger partial charge in [0.1, 0.15) is 6.54 Å². The molecule has 0 spiro atoms. The minimum Gasteiger partial charge on any atom is -0.480 e. The lowest BCUT2D eigenvalue weighted by atomic mass is 9.88. The van der Waals surface area contributed by atoms with Gasteiger partial charge in [-0.1, -0.05) is 0 Å². The van der Waals surface area contributed by atoms with Crippen LogP contribution < -0.4 is 10.6 Å². The minimum atomic E-state index is -1.13. The third-order valence-electron chi connectivity index (χ3n) is 4.32. The first kappa shape index (κ1) is 20.3. The van der Waals surface area contributed by atoms with Gasteiger partial charge < -0.3 is 10.4 Å². The number of nitrogens with one attached hydrogen (secondary N) is 2. The van der Waals surface area contributed by atoms with Gasteiger partial charge in [-0.2, -0.15) is 0 Å². The summed E-state index contributed by atoms with van der Waals surface area (Å²) < 4.78 is 0. The number of rotatable bonds is 4. The van der Waals surface area contributed by atoms with Crippen LogP contribution in [0.5, 0.6) is 0 Å². The zero-order valence-electron chi connectivity index (χ0n) is 14.4. The lowest BCUT2D eigenvalue weighted by molar-refractivity contribution is -0.136. The number of piperidine rings is 1. The molecule has 3 rings (SSSR count). The van der Waals surface area contributed by atoms with E-state index < -0.39 is 24.3 Å². The maximum atomic E-state index is 12.1. The largest absolute Gasteiger partial charge is 0.480 e. The number of carbonyl (C=O) groups excluding carboxylic acids is 3. The highest BCUT2D eigenvalue weighted by atomic mass is 35.5. The summed E-state index contributed by atoms with van der Waals surface area (Å²) in [5, 5.41) is 14.0. The number of aryl methyl sites for hydroxylation is 1. The van der Waals surface area contributed by atoms with Crippen LogP contribution >= 0.6 is 12.4 Å². The highest BCUT2D eigenvalue weighted by Gasteiger charge is 2.29. The molecule has 1 aromatic heterocycles. The fourth-order valence-electron chi connectivity index (χ4n) is 3.03. The maximum absolute atomic E-state index is 12.1. The van der Waals surface area contributed by atoms with Crippen molar-refractivity contribution in [3.8, 4) is 0 Å². The summed E-state index contributed by atoms with van der Waals surface area (Å²) in [6.45, 7) is 1.33. The lowest BCUT2D eigenvalue weighted by Gasteiger charge is -2.22. The molecule has 1 aromatic carbocycles. The summed E-state index contributed by atoms with van der Waals surface area (Å²) >= 11 is 0. The predicted molar refractivity (Wildman–Crippen MR) is 98.8 cm³/mol. The van der Waals surface area contributed by atoms with Crippen LogP contribution in [-0.2, 0) is 14.4 Å². The first-order chi connectivity index (χ1) is 12.3. The minimum absolute atomic E-state index is 0. The van der Waals surface area contributed by atoms with Gasteiger partial charge in [0.05, 0.1) is 11.4 Å². The first-order valence-corrected chi connectivity index (χ1v) is 8.10. The molecule has 1 fully saturated rings. The topological polar surface area (TPSA) is 125 Å². The molecular formula is C18H18ClN3O5. The molecule has 1 saturated heterocycles. The van der Waals surface area contributed by atoms with E-state index in [4.69, 9.17) is 5.11 Å². The van der Waals surface area contributed by atoms with Crippen molar-refractivity contribution in [1.29, 1.82) is 0 Å². The van der Waals surface area contributed by atoms with Crippen LogP contribution in [0.4, 0.5) is 0 Å². The van der Waals surface area contributed by atoms with Crippen LogP contribution in [0.3, 0.4) is 0 Å². The van der Waals surface area contributed by atoms with Gasteiger partial charge in [0.15, 0.2) is 0 Å². The number of aromatic nitrogens is 1. The second-order valence-electron chi connectivity index (χ2n) is 6.15. The zero-order chi connectivity index (χ0) is 18.8. The Kier molecular flexibility index (Phi) is 6.12. The highest BCUT2D eigenvalue weighted by molar-refractivity contribution is 6.02. The molecule has 142 valence electrons. The molecule has 1 aliphatic heterocycles. The van der Waals surface area contributed by atoms with Crippen LogP contribution in [0.15, 0.2) is 24.3 Å². The van der Waals surface area contributed by atoms with Crippen molar-refractivity contribution < 1.29 is 24.3 Å². The number of carbonyl (C=O) groups is 4. The Morgan fingerprint density at radius 2 is 2.04 bits per heavy atom. The number of hydrogen-bond acceptors (Lipinski definition) is 5. The van der Waals surface area contributed by atoms with Gasteiger partial charge >= 0.3 is 5.97 Å². The van der Waals surface area contributed by atoms with Gasteiger partial charge in [0, 0.05) is 23.1 Å². The summed E-state index contributed by atoms with van der Waals surface area (Å²) in [4.78, 5) is 50.6. The molecule has 0 bridgehead atoms. The second kappa shape index (κ2) is 8.13. The molecule has 8 nitrogen and oxygen atoms in total. The molecule has 3 amide bonds. The van der Waals surface area contributed by atoms with Crippen molar-refractivity contribution in [2.24, 2.45) is 0 Å². The number of hydrogen-bond donors (Lipinski definition) is 3. The van der Waals surface area contributed by atoms with Gasteiger partial charge in [0.2, 0.25) is 11.8 Å². The van der Waals surface area contributed by atoms with Crippen LogP contribution in [0.1, 0.15) is 40.4 Å². The molecule has 27 heavy (non-hydrogen) atoms. The van der Waals surface area contributed by atoms with E-state index in [0.29, 0.717) is 34.1 Å². The fraction of sp³-hybridized carbons (Fsp3) is 0.278. The quantitative estimate of drug-likeness (QED) is 0.674. The summed E-state index contributed by atoms with van der Waals surface area (Å²) in [6, 6.07) is 6.64. The van der Waals surface area contributed by atoms with Crippen molar-refractivity contribution in [3.63, 3.8) is 0 Å². The predicted octanol–water partition coefficient (Wildman–Crippen LogP) is 1.30. The number of imide groups is 1. The van der Waals surface area contributed by atoms with E-state index in [1.165, 1.54) is 0 Å². The van der Waals surface area contributed by atoms with E-state index in [0.717, 1.165) is 0 Å². The van der Waals surface area contributed by atoms with Crippen molar-refractivity contribution in [1.82, 2.24) is 15.6 Å². The van der Waals surface area contributed by atoms with E-state index in [1.807, 2.05) is 0 Å². The number of halogens is 1. The van der Waals surface area contributed by atoms with Crippen molar-refractivity contribution in [3.05, 3.63) is 41.1 Å². The summed E-state index contributed by atoms with van der Waals surface area (Å²) in [5.41, 5.74) is 2.37. The Balaban J connectivity index is 0.00000261. The monoisotopic (exact) mass is 391 g/mol. The first-order valence-electron chi connectivity index (χ1n) is 8.10. The van der Waals surface area contributed by atoms with Gasteiger partial charge in [-0.3, -0.25) is 29.5 Å². The Labute approximate surface area is 160 Å². The average molecular weight is 392 g/mol. The Morgan fingerprint density at radius 3 is 2.70 bits per heavy atom. The van der Waals surface area contributed by atoms with Crippen molar-refractivity contribution in [2.75, 3.05) is 6.54 Å². The number of aliphatic carboxylic acids is 1. The number of fused-ring (bicyclic) bond motifs is 1. The number of carboxylic acids is 1. The number of pyridine rings is 1. The van der Waals surface area contributed by atoms with Gasteiger partial charge in [-0.05, 0) is 43.2 Å². The average Bonchev–Trinajstić information content (AvgIpc) is 2.59. The van der Waals surface area contributed by atoms with E-state index in [-0.39, 0.29) is 30.6 Å². The SMILES string of the molecule is Cc1nc2ccc(C(=O)NCC(=O)O)cc2cc1C1CCC(=O)NC1=O.Cl. The summed E-state index contributed by atoms with van der Waals surface area (Å²) in [5.74, 6) is -2.72. The van der Waals surface area contributed by atoms with Crippen molar-refractivity contribution in [2.45, 2.75) is 25.7 Å². The van der Waals surface area contributed by atoms with Gasteiger partial charge in [0.25, 0.3) is 5.91 Å². The normalized spacial score (nSPS) is 16.4. The van der Waals surface area contributed by atoms with Gasteiger partial charge in [-0.25, -0.2) is 0 Å². The molecule has 1 atom stereocenters. The molecule has 0 saturated carbocycles. The molecular weight excluding hydrogens is 374 g/mol. The number of amides is 3. The number of carboxylic acid groups (broad SMARTS) is 1. The Bertz CT molecular complexity index is 944. The molecule has 2 aromatic rings. The van der Waals surface area contributed by atoms with Crippen LogP contribution in [0.25, 0.3) is 10.9 Å². The van der Waals surface area contributed by atoms with Crippen molar-refractivity contribution >= 4 is 47.0 Å². The van der Waals surface area contributed by atoms with Crippen LogP contribution in [0, 0.1) is 6.92 Å². The smallest absolute Gasteiger partial charge is 0.322 e. The highest BCUT2D eigenvalue weighted by Crippen LogP contribution is 2.29.